The number of hydrogen-bond donors (Lipinski definition) is 2. The Hall–Kier alpha value is -2.69. The fourth-order valence-electron chi connectivity index (χ4n) is 2.68. The molecule has 6 nitrogen and oxygen atoms in total. The molecule has 3 aromatic rings. The van der Waals surface area contributed by atoms with Gasteiger partial charge >= 0.3 is 0 Å². The molecule has 2 N–H and O–H groups in total. The Labute approximate surface area is 191 Å². The van der Waals surface area contributed by atoms with Crippen LogP contribution < -0.4 is 15.4 Å². The molecule has 1 heterocycles. The van der Waals surface area contributed by atoms with Gasteiger partial charge in [0, 0.05) is 18.3 Å². The zero-order valence-corrected chi connectivity index (χ0v) is 19.1. The molecular weight excluding hydrogens is 503 g/mol. The number of halogens is 3. The molecular formula is C21H24F2IN5O. The van der Waals surface area contributed by atoms with E-state index < -0.39 is 11.6 Å². The van der Waals surface area contributed by atoms with Crippen LogP contribution in [0.15, 0.2) is 59.7 Å². The molecule has 1 aromatic heterocycles. The first-order valence-corrected chi connectivity index (χ1v) is 9.24. The lowest BCUT2D eigenvalue weighted by Gasteiger charge is -2.10. The Kier molecular flexibility index (Phi) is 9.03. The van der Waals surface area contributed by atoms with Gasteiger partial charge in [0.05, 0.1) is 31.6 Å². The van der Waals surface area contributed by atoms with Crippen molar-refractivity contribution in [3.05, 3.63) is 77.6 Å². The summed E-state index contributed by atoms with van der Waals surface area (Å²) in [5, 5.41) is 10.8. The van der Waals surface area contributed by atoms with Gasteiger partial charge in [-0.05, 0) is 55.5 Å². The van der Waals surface area contributed by atoms with Crippen LogP contribution in [0.2, 0.25) is 0 Å². The molecule has 30 heavy (non-hydrogen) atoms. The van der Waals surface area contributed by atoms with Crippen molar-refractivity contribution in [2.45, 2.75) is 20.0 Å². The highest BCUT2D eigenvalue weighted by Crippen LogP contribution is 2.14. The molecule has 0 amide bonds. The summed E-state index contributed by atoms with van der Waals surface area (Å²) in [5.74, 6) is 0.307. The molecule has 0 atom stereocenters. The summed E-state index contributed by atoms with van der Waals surface area (Å²) in [6.45, 7) is 3.02. The van der Waals surface area contributed by atoms with E-state index in [4.69, 9.17) is 4.74 Å². The molecule has 9 heteroatoms. The first-order chi connectivity index (χ1) is 14.1. The van der Waals surface area contributed by atoms with Crippen molar-refractivity contribution in [1.82, 2.24) is 20.4 Å². The first kappa shape index (κ1) is 23.6. The van der Waals surface area contributed by atoms with E-state index in [1.54, 1.807) is 11.8 Å². The molecule has 2 aromatic carbocycles. The number of aromatic nitrogens is 2. The van der Waals surface area contributed by atoms with Crippen LogP contribution >= 0.6 is 24.0 Å². The van der Waals surface area contributed by atoms with Gasteiger partial charge < -0.3 is 15.4 Å². The van der Waals surface area contributed by atoms with E-state index in [0.717, 1.165) is 35.3 Å². The van der Waals surface area contributed by atoms with E-state index in [1.165, 1.54) is 0 Å². The van der Waals surface area contributed by atoms with Crippen LogP contribution in [0.4, 0.5) is 8.78 Å². The SMILES string of the molecule is CCNC(=NCc1cc(F)ccc1F)NCc1ccn(-c2ccc(OC)cc2)n1.I. The quantitative estimate of drug-likeness (QED) is 0.277. The zero-order valence-electron chi connectivity index (χ0n) is 16.7. The fourth-order valence-corrected chi connectivity index (χ4v) is 2.68. The third-order valence-electron chi connectivity index (χ3n) is 4.18. The highest BCUT2D eigenvalue weighted by Gasteiger charge is 2.06. The summed E-state index contributed by atoms with van der Waals surface area (Å²) in [5.41, 5.74) is 1.92. The Morgan fingerprint density at radius 3 is 2.57 bits per heavy atom. The lowest BCUT2D eigenvalue weighted by molar-refractivity contribution is 0.414. The van der Waals surface area contributed by atoms with Gasteiger partial charge in [-0.2, -0.15) is 5.10 Å². The number of ether oxygens (including phenoxy) is 1. The summed E-state index contributed by atoms with van der Waals surface area (Å²) in [6.07, 6.45) is 1.87. The number of rotatable bonds is 7. The third-order valence-corrected chi connectivity index (χ3v) is 4.18. The number of methoxy groups -OCH3 is 1. The molecule has 0 saturated heterocycles. The van der Waals surface area contributed by atoms with Gasteiger partial charge in [0.2, 0.25) is 0 Å². The number of nitrogens with one attached hydrogen (secondary N) is 2. The second kappa shape index (κ2) is 11.5. The monoisotopic (exact) mass is 527 g/mol. The average Bonchev–Trinajstić information content (AvgIpc) is 3.21. The fraction of sp³-hybridized carbons (Fsp3) is 0.238. The first-order valence-electron chi connectivity index (χ1n) is 9.24. The second-order valence-corrected chi connectivity index (χ2v) is 6.23. The van der Waals surface area contributed by atoms with Crippen LogP contribution in [0.3, 0.4) is 0 Å². The molecule has 0 unspecified atom stereocenters. The van der Waals surface area contributed by atoms with Crippen molar-refractivity contribution < 1.29 is 13.5 Å². The van der Waals surface area contributed by atoms with Gasteiger partial charge in [-0.3, -0.25) is 0 Å². The molecule has 0 spiro atoms. The highest BCUT2D eigenvalue weighted by atomic mass is 127. The van der Waals surface area contributed by atoms with E-state index in [-0.39, 0.29) is 36.1 Å². The lowest BCUT2D eigenvalue weighted by Crippen LogP contribution is -2.36. The topological polar surface area (TPSA) is 63.5 Å². The molecule has 0 aliphatic carbocycles. The van der Waals surface area contributed by atoms with Crippen molar-refractivity contribution in [2.75, 3.05) is 13.7 Å². The van der Waals surface area contributed by atoms with Crippen LogP contribution in [-0.4, -0.2) is 29.4 Å². The van der Waals surface area contributed by atoms with E-state index in [1.807, 2.05) is 43.5 Å². The van der Waals surface area contributed by atoms with E-state index in [9.17, 15) is 8.78 Å². The van der Waals surface area contributed by atoms with Gasteiger partial charge in [0.25, 0.3) is 0 Å². The predicted molar refractivity (Wildman–Crippen MR) is 124 cm³/mol. The van der Waals surface area contributed by atoms with Crippen molar-refractivity contribution in [3.63, 3.8) is 0 Å². The van der Waals surface area contributed by atoms with Crippen LogP contribution in [0, 0.1) is 11.6 Å². The number of guanidine groups is 1. The Balaban J connectivity index is 0.00000320. The number of nitrogens with zero attached hydrogens (tertiary/aromatic N) is 3. The third kappa shape index (κ3) is 6.41. The minimum atomic E-state index is -0.487. The predicted octanol–water partition coefficient (Wildman–Crippen LogP) is 4.03. The standard InChI is InChI=1S/C21H23F2N5O.HI/c1-3-24-21(25-13-15-12-16(22)4-9-20(15)23)26-14-17-10-11-28(27-17)18-5-7-19(29-2)8-6-18;/h4-12H,3,13-14H2,1-2H3,(H2,24,25,26);1H. The van der Waals surface area contributed by atoms with Gasteiger partial charge in [-0.15, -0.1) is 24.0 Å². The van der Waals surface area contributed by atoms with Crippen LogP contribution in [0.5, 0.6) is 5.75 Å². The van der Waals surface area contributed by atoms with Gasteiger partial charge in [-0.1, -0.05) is 0 Å². The Bertz CT molecular complexity index is 976. The maximum atomic E-state index is 13.8. The van der Waals surface area contributed by atoms with Crippen LogP contribution in [0.1, 0.15) is 18.2 Å². The highest BCUT2D eigenvalue weighted by molar-refractivity contribution is 14.0. The van der Waals surface area contributed by atoms with Crippen molar-refractivity contribution in [1.29, 1.82) is 0 Å². The second-order valence-electron chi connectivity index (χ2n) is 6.23. The van der Waals surface area contributed by atoms with Crippen molar-refractivity contribution in [2.24, 2.45) is 4.99 Å². The number of benzene rings is 2. The molecule has 0 aliphatic rings. The van der Waals surface area contributed by atoms with Crippen LogP contribution in [-0.2, 0) is 13.1 Å². The number of hydrogen-bond acceptors (Lipinski definition) is 3. The summed E-state index contributed by atoms with van der Waals surface area (Å²) in [7, 11) is 1.62. The normalized spacial score (nSPS) is 11.0. The number of aliphatic imine (C=N–C) groups is 1. The molecule has 0 radical (unpaired) electrons. The summed E-state index contributed by atoms with van der Waals surface area (Å²) >= 11 is 0. The maximum Gasteiger partial charge on any atom is 0.191 e. The average molecular weight is 527 g/mol. The Morgan fingerprint density at radius 2 is 1.87 bits per heavy atom. The molecule has 0 bridgehead atoms. The molecule has 0 fully saturated rings. The van der Waals surface area contributed by atoms with Gasteiger partial charge in [0.15, 0.2) is 5.96 Å². The summed E-state index contributed by atoms with van der Waals surface area (Å²) in [4.78, 5) is 4.32. The summed E-state index contributed by atoms with van der Waals surface area (Å²) in [6, 6.07) is 12.8. The maximum absolute atomic E-state index is 13.8. The molecule has 0 saturated carbocycles. The lowest BCUT2D eigenvalue weighted by atomic mass is 10.2. The van der Waals surface area contributed by atoms with E-state index >= 15 is 0 Å². The van der Waals surface area contributed by atoms with E-state index in [2.05, 4.69) is 20.7 Å². The van der Waals surface area contributed by atoms with Crippen molar-refractivity contribution in [3.8, 4) is 11.4 Å². The summed E-state index contributed by atoms with van der Waals surface area (Å²) < 4.78 is 34.0. The smallest absolute Gasteiger partial charge is 0.191 e. The van der Waals surface area contributed by atoms with Gasteiger partial charge in [-0.25, -0.2) is 18.5 Å². The minimum absolute atomic E-state index is 0. The molecule has 0 aliphatic heterocycles. The zero-order chi connectivity index (χ0) is 20.6. The van der Waals surface area contributed by atoms with Gasteiger partial charge in [0.1, 0.15) is 17.4 Å². The largest absolute Gasteiger partial charge is 0.497 e. The van der Waals surface area contributed by atoms with Crippen LogP contribution in [0.25, 0.3) is 5.69 Å². The van der Waals surface area contributed by atoms with E-state index in [0.29, 0.717) is 19.0 Å². The Morgan fingerprint density at radius 1 is 1.10 bits per heavy atom. The molecule has 160 valence electrons. The minimum Gasteiger partial charge on any atom is -0.497 e. The molecule has 3 rings (SSSR count). The van der Waals surface area contributed by atoms with Crippen molar-refractivity contribution >= 4 is 29.9 Å².